The first kappa shape index (κ1) is 20.2. The van der Waals surface area contributed by atoms with Gasteiger partial charge in [-0.25, -0.2) is 14.2 Å². The molecule has 0 bridgehead atoms. The summed E-state index contributed by atoms with van der Waals surface area (Å²) in [6.07, 6.45) is -4.09. The van der Waals surface area contributed by atoms with Gasteiger partial charge in [-0.05, 0) is 38.0 Å². The number of piperidine rings is 1. The summed E-state index contributed by atoms with van der Waals surface area (Å²) in [4.78, 5) is 30.2. The van der Waals surface area contributed by atoms with Crippen molar-refractivity contribution in [3.05, 3.63) is 41.0 Å². The Hall–Kier alpha value is -2.56. The second-order valence-corrected chi connectivity index (χ2v) is 7.15. The van der Waals surface area contributed by atoms with Crippen LogP contribution in [0.2, 0.25) is 0 Å². The lowest BCUT2D eigenvalue weighted by Crippen LogP contribution is -2.42. The number of ketones is 1. The van der Waals surface area contributed by atoms with Crippen LogP contribution >= 0.6 is 11.5 Å². The van der Waals surface area contributed by atoms with Crippen LogP contribution in [0.15, 0.2) is 18.2 Å². The Morgan fingerprint density at radius 2 is 1.93 bits per heavy atom. The molecule has 3 rings (SSSR count). The highest BCUT2D eigenvalue weighted by molar-refractivity contribution is 7.09. The summed E-state index contributed by atoms with van der Waals surface area (Å²) in [6, 6.07) is 1.53. The number of Topliss-reactive ketones (excluding diaryl/α,β-unsaturated/α-hetero) is 1. The lowest BCUT2D eigenvalue weighted by Gasteiger charge is -2.31. The van der Waals surface area contributed by atoms with Crippen molar-refractivity contribution in [2.24, 2.45) is 5.92 Å². The monoisotopic (exact) mass is 416 g/mol. The van der Waals surface area contributed by atoms with Crippen molar-refractivity contribution in [2.45, 2.75) is 25.9 Å². The topological polar surface area (TPSA) is 75.2 Å². The van der Waals surface area contributed by atoms with Crippen LogP contribution in [0.5, 0.6) is 0 Å². The minimum Gasteiger partial charge on any atom is -0.324 e. The standard InChI is InChI=1S/C17H16F4N4O2S/c1-9-22-15(28-24-9)23-16(27)25-6-4-10(5-7-25)14(26)12-3-2-11(8-13(12)18)17(19,20)21/h2-3,8,10H,4-7H2,1H3,(H,22,23,24,27). The van der Waals surface area contributed by atoms with Gasteiger partial charge < -0.3 is 4.90 Å². The molecule has 1 N–H and O–H groups in total. The predicted octanol–water partition coefficient (Wildman–Crippen LogP) is 4.13. The number of hydrogen-bond donors (Lipinski definition) is 1. The number of nitrogens with zero attached hydrogens (tertiary/aromatic N) is 3. The Balaban J connectivity index is 1.60. The summed E-state index contributed by atoms with van der Waals surface area (Å²) in [6.45, 7) is 2.23. The summed E-state index contributed by atoms with van der Waals surface area (Å²) in [5.74, 6) is -1.75. The number of nitrogens with one attached hydrogen (secondary N) is 1. The largest absolute Gasteiger partial charge is 0.416 e. The zero-order chi connectivity index (χ0) is 20.5. The average Bonchev–Trinajstić information content (AvgIpc) is 3.05. The minimum atomic E-state index is -4.67. The number of hydrogen-bond acceptors (Lipinski definition) is 5. The molecule has 1 aliphatic rings. The van der Waals surface area contributed by atoms with Crippen molar-refractivity contribution in [1.29, 1.82) is 0 Å². The first-order valence-corrected chi connectivity index (χ1v) is 9.19. The number of aryl methyl sites for hydroxylation is 1. The molecular weight excluding hydrogens is 400 g/mol. The number of rotatable bonds is 3. The summed E-state index contributed by atoms with van der Waals surface area (Å²) < 4.78 is 55.9. The smallest absolute Gasteiger partial charge is 0.324 e. The number of carbonyl (C=O) groups excluding carboxylic acids is 2. The van der Waals surface area contributed by atoms with Crippen LogP contribution < -0.4 is 5.32 Å². The Bertz CT molecular complexity index is 892. The van der Waals surface area contributed by atoms with E-state index in [1.165, 1.54) is 4.90 Å². The highest BCUT2D eigenvalue weighted by Gasteiger charge is 2.33. The van der Waals surface area contributed by atoms with Gasteiger partial charge >= 0.3 is 12.2 Å². The van der Waals surface area contributed by atoms with Crippen LogP contribution in [0, 0.1) is 18.7 Å². The number of halogens is 4. The third kappa shape index (κ3) is 4.46. The predicted molar refractivity (Wildman–Crippen MR) is 93.7 cm³/mol. The fourth-order valence-electron chi connectivity index (χ4n) is 2.97. The Morgan fingerprint density at radius 3 is 2.46 bits per heavy atom. The molecular formula is C17H16F4N4O2S. The van der Waals surface area contributed by atoms with Crippen molar-refractivity contribution in [2.75, 3.05) is 18.4 Å². The number of carbonyl (C=O) groups is 2. The molecule has 0 unspecified atom stereocenters. The van der Waals surface area contributed by atoms with E-state index in [9.17, 15) is 27.2 Å². The molecule has 1 aromatic carbocycles. The van der Waals surface area contributed by atoms with E-state index >= 15 is 0 Å². The van der Waals surface area contributed by atoms with Gasteiger partial charge in [0.15, 0.2) is 5.78 Å². The lowest BCUT2D eigenvalue weighted by molar-refractivity contribution is -0.137. The highest BCUT2D eigenvalue weighted by atomic mass is 32.1. The third-order valence-electron chi connectivity index (χ3n) is 4.46. The molecule has 150 valence electrons. The molecule has 0 atom stereocenters. The van der Waals surface area contributed by atoms with Gasteiger partial charge in [0.1, 0.15) is 11.6 Å². The highest BCUT2D eigenvalue weighted by Crippen LogP contribution is 2.31. The summed E-state index contributed by atoms with van der Waals surface area (Å²) in [7, 11) is 0. The summed E-state index contributed by atoms with van der Waals surface area (Å²) in [5.41, 5.74) is -1.50. The average molecular weight is 416 g/mol. The number of amides is 2. The second-order valence-electron chi connectivity index (χ2n) is 6.39. The Labute approximate surface area is 161 Å². The lowest BCUT2D eigenvalue weighted by atomic mass is 9.88. The number of likely N-dealkylation sites (tertiary alicyclic amines) is 1. The zero-order valence-electron chi connectivity index (χ0n) is 14.7. The maximum atomic E-state index is 14.0. The third-order valence-corrected chi connectivity index (χ3v) is 5.18. The van der Waals surface area contributed by atoms with Gasteiger partial charge in [0.25, 0.3) is 0 Å². The molecule has 11 heteroatoms. The van der Waals surface area contributed by atoms with E-state index in [1.54, 1.807) is 6.92 Å². The summed E-state index contributed by atoms with van der Waals surface area (Å²) >= 11 is 1.05. The van der Waals surface area contributed by atoms with Crippen LogP contribution in [0.25, 0.3) is 0 Å². The van der Waals surface area contributed by atoms with Gasteiger partial charge in [-0.15, -0.1) is 0 Å². The summed E-state index contributed by atoms with van der Waals surface area (Å²) in [5, 5.41) is 2.99. The van der Waals surface area contributed by atoms with E-state index in [1.807, 2.05) is 0 Å². The first-order chi connectivity index (χ1) is 13.1. The van der Waals surface area contributed by atoms with E-state index in [0.29, 0.717) is 35.9 Å². The Kier molecular flexibility index (Phi) is 5.64. The molecule has 2 aromatic rings. The van der Waals surface area contributed by atoms with Crippen molar-refractivity contribution >= 4 is 28.5 Å². The maximum Gasteiger partial charge on any atom is 0.416 e. The molecule has 1 aliphatic heterocycles. The van der Waals surface area contributed by atoms with E-state index in [4.69, 9.17) is 0 Å². The fraction of sp³-hybridized carbons (Fsp3) is 0.412. The quantitative estimate of drug-likeness (QED) is 0.603. The second kappa shape index (κ2) is 7.82. The van der Waals surface area contributed by atoms with Crippen LogP contribution in [-0.4, -0.2) is 39.2 Å². The van der Waals surface area contributed by atoms with Gasteiger partial charge in [-0.3, -0.25) is 10.1 Å². The SMILES string of the molecule is Cc1nsc(NC(=O)N2CCC(C(=O)c3ccc(C(F)(F)F)cc3F)CC2)n1. The van der Waals surface area contributed by atoms with Crippen molar-refractivity contribution < 1.29 is 27.2 Å². The van der Waals surface area contributed by atoms with Crippen molar-refractivity contribution in [3.63, 3.8) is 0 Å². The number of anilines is 1. The van der Waals surface area contributed by atoms with Crippen molar-refractivity contribution in [3.8, 4) is 0 Å². The molecule has 0 aliphatic carbocycles. The van der Waals surface area contributed by atoms with Gasteiger partial charge in [-0.2, -0.15) is 17.5 Å². The van der Waals surface area contributed by atoms with Crippen LogP contribution in [0.1, 0.15) is 34.6 Å². The van der Waals surface area contributed by atoms with Crippen LogP contribution in [0.4, 0.5) is 27.5 Å². The first-order valence-electron chi connectivity index (χ1n) is 8.42. The number of alkyl halides is 3. The molecule has 0 radical (unpaired) electrons. The number of aromatic nitrogens is 2. The van der Waals surface area contributed by atoms with Crippen LogP contribution in [0.3, 0.4) is 0 Å². The number of urea groups is 1. The fourth-order valence-corrected chi connectivity index (χ4v) is 3.54. The van der Waals surface area contributed by atoms with E-state index in [2.05, 4.69) is 14.7 Å². The molecule has 1 saturated heterocycles. The molecule has 2 heterocycles. The number of benzene rings is 1. The van der Waals surface area contributed by atoms with E-state index in [0.717, 1.165) is 17.6 Å². The molecule has 28 heavy (non-hydrogen) atoms. The van der Waals surface area contributed by atoms with E-state index in [-0.39, 0.29) is 24.7 Å². The van der Waals surface area contributed by atoms with Gasteiger partial charge in [0.05, 0.1) is 11.1 Å². The maximum absolute atomic E-state index is 14.0. The minimum absolute atomic E-state index is 0.266. The van der Waals surface area contributed by atoms with Gasteiger partial charge in [0.2, 0.25) is 5.13 Å². The van der Waals surface area contributed by atoms with Crippen LogP contribution in [-0.2, 0) is 6.18 Å². The molecule has 0 saturated carbocycles. The molecule has 0 spiro atoms. The van der Waals surface area contributed by atoms with Gasteiger partial charge in [0, 0.05) is 30.5 Å². The molecule has 2 amide bonds. The molecule has 1 fully saturated rings. The van der Waals surface area contributed by atoms with Gasteiger partial charge in [-0.1, -0.05) is 0 Å². The molecule has 1 aromatic heterocycles. The normalized spacial score (nSPS) is 15.5. The van der Waals surface area contributed by atoms with Crippen molar-refractivity contribution in [1.82, 2.24) is 14.3 Å². The zero-order valence-corrected chi connectivity index (χ0v) is 15.5. The Morgan fingerprint density at radius 1 is 1.25 bits per heavy atom. The molecule has 6 nitrogen and oxygen atoms in total. The van der Waals surface area contributed by atoms with E-state index < -0.39 is 29.3 Å².